The van der Waals surface area contributed by atoms with Gasteiger partial charge in [-0.1, -0.05) is 29.3 Å². The molecule has 0 bridgehead atoms. The lowest BCUT2D eigenvalue weighted by molar-refractivity contribution is 0.322. The van der Waals surface area contributed by atoms with E-state index in [-0.39, 0.29) is 12.4 Å². The molecule has 1 N–H and O–H groups in total. The van der Waals surface area contributed by atoms with E-state index < -0.39 is 0 Å². The number of rotatable bonds is 3. The van der Waals surface area contributed by atoms with Crippen LogP contribution in [-0.2, 0) is 6.54 Å². The summed E-state index contributed by atoms with van der Waals surface area (Å²) in [6, 6.07) is 6.28. The Hall–Kier alpha value is 0.01000. The summed E-state index contributed by atoms with van der Waals surface area (Å²) in [7, 11) is 2.01. The van der Waals surface area contributed by atoms with E-state index in [0.29, 0.717) is 6.04 Å². The molecule has 96 valence electrons. The van der Waals surface area contributed by atoms with Gasteiger partial charge in [-0.3, -0.25) is 4.90 Å². The Balaban J connectivity index is 0.00000144. The van der Waals surface area contributed by atoms with E-state index in [1.165, 1.54) is 6.42 Å². The van der Waals surface area contributed by atoms with Crippen molar-refractivity contribution in [3.05, 3.63) is 33.8 Å². The predicted octanol–water partition coefficient (Wildman–Crippen LogP) is 3.21. The minimum atomic E-state index is 0. The van der Waals surface area contributed by atoms with Crippen molar-refractivity contribution in [2.45, 2.75) is 19.0 Å². The highest BCUT2D eigenvalue weighted by Crippen LogP contribution is 2.26. The zero-order chi connectivity index (χ0) is 11.5. The number of likely N-dealkylation sites (N-methyl/N-ethyl adjacent to an activating group) is 1. The second-order valence-electron chi connectivity index (χ2n) is 4.21. The number of halogens is 3. The molecule has 0 spiro atoms. The summed E-state index contributed by atoms with van der Waals surface area (Å²) in [5.41, 5.74) is 1.04. The maximum Gasteiger partial charge on any atom is 0.0465 e. The molecular formula is C12H17Cl3N2. The Morgan fingerprint density at radius 2 is 2.00 bits per heavy atom. The zero-order valence-corrected chi connectivity index (χ0v) is 12.1. The number of nitrogens with one attached hydrogen (secondary N) is 1. The van der Waals surface area contributed by atoms with Crippen molar-refractivity contribution in [3.8, 4) is 0 Å². The first-order valence-electron chi connectivity index (χ1n) is 5.53. The van der Waals surface area contributed by atoms with Gasteiger partial charge >= 0.3 is 0 Å². The third kappa shape index (κ3) is 3.73. The summed E-state index contributed by atoms with van der Waals surface area (Å²) in [5.74, 6) is 0. The number of hydrogen-bond donors (Lipinski definition) is 1. The van der Waals surface area contributed by atoms with Gasteiger partial charge in [0.15, 0.2) is 0 Å². The second-order valence-corrected chi connectivity index (χ2v) is 5.02. The van der Waals surface area contributed by atoms with Gasteiger partial charge in [0.1, 0.15) is 0 Å². The van der Waals surface area contributed by atoms with Gasteiger partial charge < -0.3 is 5.32 Å². The van der Waals surface area contributed by atoms with Crippen LogP contribution in [0.1, 0.15) is 12.0 Å². The molecule has 0 aromatic heterocycles. The lowest BCUT2D eigenvalue weighted by atomic mass is 10.2. The van der Waals surface area contributed by atoms with Gasteiger partial charge in [-0.15, -0.1) is 12.4 Å². The molecule has 0 aliphatic carbocycles. The van der Waals surface area contributed by atoms with Crippen molar-refractivity contribution in [1.29, 1.82) is 0 Å². The van der Waals surface area contributed by atoms with Crippen LogP contribution in [0, 0.1) is 0 Å². The van der Waals surface area contributed by atoms with Crippen molar-refractivity contribution >= 4 is 35.6 Å². The van der Waals surface area contributed by atoms with Crippen molar-refractivity contribution in [2.75, 3.05) is 20.1 Å². The number of benzene rings is 1. The van der Waals surface area contributed by atoms with Gasteiger partial charge in [0.25, 0.3) is 0 Å². The van der Waals surface area contributed by atoms with Gasteiger partial charge in [-0.05, 0) is 25.6 Å². The Morgan fingerprint density at radius 3 is 2.53 bits per heavy atom. The van der Waals surface area contributed by atoms with Crippen LogP contribution in [0.4, 0.5) is 0 Å². The normalized spacial score (nSPS) is 20.3. The van der Waals surface area contributed by atoms with Gasteiger partial charge in [-0.2, -0.15) is 0 Å². The van der Waals surface area contributed by atoms with E-state index in [4.69, 9.17) is 23.2 Å². The molecule has 0 saturated carbocycles. The first-order valence-corrected chi connectivity index (χ1v) is 6.29. The summed E-state index contributed by atoms with van der Waals surface area (Å²) in [6.07, 6.45) is 1.19. The lowest BCUT2D eigenvalue weighted by Gasteiger charge is -2.17. The topological polar surface area (TPSA) is 15.3 Å². The zero-order valence-electron chi connectivity index (χ0n) is 9.75. The predicted molar refractivity (Wildman–Crippen MR) is 76.5 cm³/mol. The van der Waals surface area contributed by atoms with Crippen LogP contribution in [0.3, 0.4) is 0 Å². The van der Waals surface area contributed by atoms with E-state index >= 15 is 0 Å². The molecule has 0 radical (unpaired) electrons. The van der Waals surface area contributed by atoms with E-state index in [2.05, 4.69) is 10.2 Å². The average molecular weight is 296 g/mol. The molecule has 1 aliphatic heterocycles. The van der Waals surface area contributed by atoms with Crippen LogP contribution in [0.25, 0.3) is 0 Å². The molecule has 1 fully saturated rings. The summed E-state index contributed by atoms with van der Waals surface area (Å²) in [4.78, 5) is 2.38. The second kappa shape index (κ2) is 6.81. The van der Waals surface area contributed by atoms with Crippen LogP contribution in [0.2, 0.25) is 10.0 Å². The standard InChI is InChI=1S/C12H16Cl2N2.ClH/c1-15-9-5-6-16(7-9)8-10-11(13)3-2-4-12(10)14;/h2-4,9,15H,5-8H2,1H3;1H. The SMILES string of the molecule is CNC1CCN(Cc2c(Cl)cccc2Cl)C1.Cl. The molecule has 0 amide bonds. The minimum absolute atomic E-state index is 0. The molecule has 1 aromatic rings. The fourth-order valence-corrected chi connectivity index (χ4v) is 2.64. The highest BCUT2D eigenvalue weighted by molar-refractivity contribution is 6.35. The summed E-state index contributed by atoms with van der Waals surface area (Å²) < 4.78 is 0. The Kier molecular flexibility index (Phi) is 6.04. The molecular weight excluding hydrogens is 279 g/mol. The Labute approximate surface area is 119 Å². The average Bonchev–Trinajstić information content (AvgIpc) is 2.71. The van der Waals surface area contributed by atoms with Crippen LogP contribution < -0.4 is 5.32 Å². The third-order valence-corrected chi connectivity index (χ3v) is 3.83. The maximum atomic E-state index is 6.15. The van der Waals surface area contributed by atoms with Gasteiger partial charge in [0, 0.05) is 41.3 Å². The van der Waals surface area contributed by atoms with Crippen LogP contribution in [0.5, 0.6) is 0 Å². The van der Waals surface area contributed by atoms with Crippen molar-refractivity contribution < 1.29 is 0 Å². The van der Waals surface area contributed by atoms with Crippen molar-refractivity contribution in [3.63, 3.8) is 0 Å². The first kappa shape index (κ1) is 15.1. The third-order valence-electron chi connectivity index (χ3n) is 3.12. The van der Waals surface area contributed by atoms with E-state index in [1.54, 1.807) is 0 Å². The quantitative estimate of drug-likeness (QED) is 0.921. The van der Waals surface area contributed by atoms with E-state index in [0.717, 1.165) is 35.2 Å². The largest absolute Gasteiger partial charge is 0.316 e. The van der Waals surface area contributed by atoms with Gasteiger partial charge in [0.05, 0.1) is 0 Å². The van der Waals surface area contributed by atoms with Crippen LogP contribution in [-0.4, -0.2) is 31.1 Å². The van der Waals surface area contributed by atoms with Crippen molar-refractivity contribution in [2.24, 2.45) is 0 Å². The fourth-order valence-electron chi connectivity index (χ4n) is 2.12. The smallest absolute Gasteiger partial charge is 0.0465 e. The summed E-state index contributed by atoms with van der Waals surface area (Å²) >= 11 is 12.3. The number of hydrogen-bond acceptors (Lipinski definition) is 2. The van der Waals surface area contributed by atoms with Crippen LogP contribution >= 0.6 is 35.6 Å². The molecule has 5 heteroatoms. The van der Waals surface area contributed by atoms with Gasteiger partial charge in [0.2, 0.25) is 0 Å². The minimum Gasteiger partial charge on any atom is -0.316 e. The summed E-state index contributed by atoms with van der Waals surface area (Å²) in [5, 5.41) is 4.83. The molecule has 17 heavy (non-hydrogen) atoms. The monoisotopic (exact) mass is 294 g/mol. The molecule has 1 atom stereocenters. The highest BCUT2D eigenvalue weighted by Gasteiger charge is 2.22. The fraction of sp³-hybridized carbons (Fsp3) is 0.500. The molecule has 1 unspecified atom stereocenters. The van der Waals surface area contributed by atoms with E-state index in [9.17, 15) is 0 Å². The Bertz CT molecular complexity index is 351. The highest BCUT2D eigenvalue weighted by atomic mass is 35.5. The number of likely N-dealkylation sites (tertiary alicyclic amines) is 1. The molecule has 1 heterocycles. The first-order chi connectivity index (χ1) is 7.70. The Morgan fingerprint density at radius 1 is 1.35 bits per heavy atom. The molecule has 1 saturated heterocycles. The lowest BCUT2D eigenvalue weighted by Crippen LogP contribution is -2.29. The molecule has 2 nitrogen and oxygen atoms in total. The molecule has 1 aromatic carbocycles. The van der Waals surface area contributed by atoms with Crippen molar-refractivity contribution in [1.82, 2.24) is 10.2 Å². The van der Waals surface area contributed by atoms with Gasteiger partial charge in [-0.25, -0.2) is 0 Å². The molecule has 2 rings (SSSR count). The summed E-state index contributed by atoms with van der Waals surface area (Å²) in [6.45, 7) is 3.02. The van der Waals surface area contributed by atoms with Crippen LogP contribution in [0.15, 0.2) is 18.2 Å². The number of nitrogens with zero attached hydrogens (tertiary/aromatic N) is 1. The van der Waals surface area contributed by atoms with E-state index in [1.807, 2.05) is 25.2 Å². The maximum absolute atomic E-state index is 6.15. The molecule has 1 aliphatic rings.